The first kappa shape index (κ1) is 15.1. The maximum atomic E-state index is 11.3. The monoisotopic (exact) mass is 256 g/mol. The molecule has 0 amide bonds. The quantitative estimate of drug-likeness (QED) is 0.295. The van der Waals surface area contributed by atoms with Crippen molar-refractivity contribution in [2.75, 3.05) is 6.54 Å². The van der Waals surface area contributed by atoms with E-state index in [0.717, 1.165) is 6.42 Å². The second-order valence-corrected chi connectivity index (χ2v) is 4.79. The largest absolute Gasteiger partial charge is 0.373 e. The van der Waals surface area contributed by atoms with E-state index in [9.17, 15) is 4.79 Å². The van der Waals surface area contributed by atoms with Crippen LogP contribution in [0.2, 0.25) is 0 Å². The summed E-state index contributed by atoms with van der Waals surface area (Å²) >= 11 is 0. The first-order valence-corrected chi connectivity index (χ1v) is 6.56. The molecule has 1 aliphatic rings. The maximum Gasteiger partial charge on any atom is 0.328 e. The average molecular weight is 256 g/mol. The van der Waals surface area contributed by atoms with Crippen LogP contribution >= 0.6 is 0 Å². The van der Waals surface area contributed by atoms with Gasteiger partial charge in [-0.15, -0.1) is 0 Å². The summed E-state index contributed by atoms with van der Waals surface area (Å²) in [5.74, 6) is 4.04. The van der Waals surface area contributed by atoms with Gasteiger partial charge < -0.3 is 15.3 Å². The van der Waals surface area contributed by atoms with Crippen molar-refractivity contribution >= 4 is 5.97 Å². The van der Waals surface area contributed by atoms with Crippen LogP contribution < -0.4 is 11.6 Å². The fourth-order valence-corrected chi connectivity index (χ4v) is 2.04. The third-order valence-electron chi connectivity index (χ3n) is 3.31. The van der Waals surface area contributed by atoms with Crippen molar-refractivity contribution in [1.82, 2.24) is 0 Å². The van der Waals surface area contributed by atoms with Gasteiger partial charge in [0.15, 0.2) is 0 Å². The van der Waals surface area contributed by atoms with Gasteiger partial charge in [-0.3, -0.25) is 4.79 Å². The van der Waals surface area contributed by atoms with Crippen molar-refractivity contribution < 1.29 is 14.4 Å². The molecule has 104 valence electrons. The summed E-state index contributed by atoms with van der Waals surface area (Å²) in [5, 5.41) is 0. The standard InChI is InChI=1S/C13H24N2O3/c1-3-4-5-6-9(2)12-11(17-12)7-10(8-14)13(16)18-15/h6,10-12H,3-5,7-8,14-15H2,1-2H3/b9-6+. The molecule has 1 rings (SSSR count). The van der Waals surface area contributed by atoms with Gasteiger partial charge in [-0.1, -0.05) is 25.8 Å². The Labute approximate surface area is 108 Å². The molecule has 0 spiro atoms. The number of hydrogen-bond acceptors (Lipinski definition) is 5. The average Bonchev–Trinajstić information content (AvgIpc) is 3.14. The lowest BCUT2D eigenvalue weighted by Gasteiger charge is -2.09. The summed E-state index contributed by atoms with van der Waals surface area (Å²) in [4.78, 5) is 15.5. The number of carbonyl (C=O) groups excluding carboxylic acids is 1. The Morgan fingerprint density at radius 1 is 1.56 bits per heavy atom. The van der Waals surface area contributed by atoms with Crippen LogP contribution in [0.4, 0.5) is 0 Å². The molecule has 18 heavy (non-hydrogen) atoms. The number of hydrogen-bond donors (Lipinski definition) is 2. The molecule has 1 saturated heterocycles. The molecule has 3 unspecified atom stereocenters. The van der Waals surface area contributed by atoms with Crippen LogP contribution in [0.25, 0.3) is 0 Å². The van der Waals surface area contributed by atoms with E-state index in [1.165, 1.54) is 18.4 Å². The first-order chi connectivity index (χ1) is 8.63. The van der Waals surface area contributed by atoms with E-state index in [4.69, 9.17) is 16.4 Å². The van der Waals surface area contributed by atoms with E-state index in [2.05, 4.69) is 24.8 Å². The minimum Gasteiger partial charge on any atom is -0.373 e. The van der Waals surface area contributed by atoms with Gasteiger partial charge in [0.2, 0.25) is 0 Å². The van der Waals surface area contributed by atoms with Crippen LogP contribution in [0.5, 0.6) is 0 Å². The second kappa shape index (κ2) is 7.51. The summed E-state index contributed by atoms with van der Waals surface area (Å²) in [6, 6.07) is 0. The minimum absolute atomic E-state index is 0.0792. The van der Waals surface area contributed by atoms with Crippen LogP contribution in [0.1, 0.15) is 39.5 Å². The van der Waals surface area contributed by atoms with E-state index in [0.29, 0.717) is 6.42 Å². The van der Waals surface area contributed by atoms with Crippen molar-refractivity contribution in [3.05, 3.63) is 11.6 Å². The molecule has 0 bridgehead atoms. The Morgan fingerprint density at radius 2 is 2.28 bits per heavy atom. The zero-order valence-corrected chi connectivity index (χ0v) is 11.2. The number of allylic oxidation sites excluding steroid dienone is 1. The highest BCUT2D eigenvalue weighted by Gasteiger charge is 2.42. The van der Waals surface area contributed by atoms with Crippen LogP contribution in [-0.2, 0) is 14.4 Å². The third kappa shape index (κ3) is 4.40. The molecule has 0 aromatic carbocycles. The van der Waals surface area contributed by atoms with E-state index < -0.39 is 5.97 Å². The topological polar surface area (TPSA) is 90.9 Å². The van der Waals surface area contributed by atoms with Gasteiger partial charge in [0.1, 0.15) is 6.10 Å². The molecular formula is C13H24N2O3. The van der Waals surface area contributed by atoms with Crippen LogP contribution in [0.3, 0.4) is 0 Å². The third-order valence-corrected chi connectivity index (χ3v) is 3.31. The fraction of sp³-hybridized carbons (Fsp3) is 0.769. The minimum atomic E-state index is -0.459. The van der Waals surface area contributed by atoms with Crippen molar-refractivity contribution in [1.29, 1.82) is 0 Å². The van der Waals surface area contributed by atoms with Crippen molar-refractivity contribution in [2.24, 2.45) is 17.5 Å². The summed E-state index contributed by atoms with van der Waals surface area (Å²) in [5.41, 5.74) is 6.76. The Hall–Kier alpha value is -0.910. The highest BCUT2D eigenvalue weighted by atomic mass is 16.7. The van der Waals surface area contributed by atoms with Gasteiger partial charge in [0.25, 0.3) is 0 Å². The molecule has 0 aromatic heterocycles. The molecule has 1 aliphatic heterocycles. The molecule has 0 saturated carbocycles. The summed E-state index contributed by atoms with van der Waals surface area (Å²) in [7, 11) is 0. The molecule has 5 heteroatoms. The smallest absolute Gasteiger partial charge is 0.328 e. The molecule has 5 nitrogen and oxygen atoms in total. The number of epoxide rings is 1. The molecule has 4 N–H and O–H groups in total. The van der Waals surface area contributed by atoms with Gasteiger partial charge >= 0.3 is 5.97 Å². The van der Waals surface area contributed by atoms with Crippen molar-refractivity contribution in [3.63, 3.8) is 0 Å². The van der Waals surface area contributed by atoms with Crippen LogP contribution in [-0.4, -0.2) is 24.7 Å². The molecule has 1 fully saturated rings. The SMILES string of the molecule is CCCC/C=C(\C)C1OC1CC(CN)C(=O)ON. The molecule has 0 radical (unpaired) electrons. The summed E-state index contributed by atoms with van der Waals surface area (Å²) in [6.07, 6.45) is 6.48. The first-order valence-electron chi connectivity index (χ1n) is 6.56. The van der Waals surface area contributed by atoms with Crippen LogP contribution in [0.15, 0.2) is 11.6 Å². The number of unbranched alkanes of at least 4 members (excludes halogenated alkanes) is 2. The molecular weight excluding hydrogens is 232 g/mol. The summed E-state index contributed by atoms with van der Waals surface area (Å²) < 4.78 is 5.56. The Balaban J connectivity index is 2.35. The number of ether oxygens (including phenoxy) is 1. The van der Waals surface area contributed by atoms with E-state index in [-0.39, 0.29) is 24.7 Å². The molecule has 1 heterocycles. The van der Waals surface area contributed by atoms with Crippen molar-refractivity contribution in [3.8, 4) is 0 Å². The van der Waals surface area contributed by atoms with E-state index >= 15 is 0 Å². The molecule has 0 aliphatic carbocycles. The van der Waals surface area contributed by atoms with Gasteiger partial charge in [-0.2, -0.15) is 5.90 Å². The lowest BCUT2D eigenvalue weighted by molar-refractivity contribution is -0.149. The highest BCUT2D eigenvalue weighted by Crippen LogP contribution is 2.34. The molecule has 3 atom stereocenters. The zero-order valence-electron chi connectivity index (χ0n) is 11.2. The van der Waals surface area contributed by atoms with Gasteiger partial charge in [0.05, 0.1) is 12.0 Å². The predicted octanol–water partition coefficient (Wildman–Crippen LogP) is 1.27. The number of carbonyl (C=O) groups is 1. The Bertz CT molecular complexity index is 305. The highest BCUT2D eigenvalue weighted by molar-refractivity contribution is 5.72. The fourth-order valence-electron chi connectivity index (χ4n) is 2.04. The number of nitrogens with two attached hydrogens (primary N) is 2. The Morgan fingerprint density at radius 3 is 2.83 bits per heavy atom. The van der Waals surface area contributed by atoms with Crippen molar-refractivity contribution in [2.45, 2.75) is 51.7 Å². The Kier molecular flexibility index (Phi) is 6.32. The summed E-state index contributed by atoms with van der Waals surface area (Å²) in [6.45, 7) is 4.48. The van der Waals surface area contributed by atoms with E-state index in [1.54, 1.807) is 0 Å². The normalized spacial score (nSPS) is 24.8. The predicted molar refractivity (Wildman–Crippen MR) is 69.4 cm³/mol. The van der Waals surface area contributed by atoms with Gasteiger partial charge in [-0.25, -0.2) is 0 Å². The van der Waals surface area contributed by atoms with Crippen LogP contribution in [0, 0.1) is 5.92 Å². The maximum absolute atomic E-state index is 11.3. The van der Waals surface area contributed by atoms with E-state index in [1.807, 2.05) is 0 Å². The van der Waals surface area contributed by atoms with Gasteiger partial charge in [-0.05, 0) is 25.3 Å². The second-order valence-electron chi connectivity index (χ2n) is 4.79. The lowest BCUT2D eigenvalue weighted by atomic mass is 9.99. The van der Waals surface area contributed by atoms with Gasteiger partial charge in [0, 0.05) is 6.54 Å². The molecule has 0 aromatic rings. The number of rotatable bonds is 8. The lowest BCUT2D eigenvalue weighted by Crippen LogP contribution is -2.29. The zero-order chi connectivity index (χ0) is 13.5.